The fourth-order valence-corrected chi connectivity index (χ4v) is 3.64. The fraction of sp³-hybridized carbons (Fsp3) is 0.588. The van der Waals surface area contributed by atoms with Gasteiger partial charge in [0.2, 0.25) is 17.6 Å². The van der Waals surface area contributed by atoms with E-state index < -0.39 is 0 Å². The summed E-state index contributed by atoms with van der Waals surface area (Å²) in [5.74, 6) is 1.18. The van der Waals surface area contributed by atoms with Crippen LogP contribution in [0.5, 0.6) is 0 Å². The minimum atomic E-state index is 0.0687. The molecule has 0 radical (unpaired) electrons. The largest absolute Gasteiger partial charge is 0.353 e. The van der Waals surface area contributed by atoms with E-state index in [1.54, 1.807) is 11.3 Å². The number of amides is 1. The molecule has 0 aromatic carbocycles. The minimum Gasteiger partial charge on any atom is -0.353 e. The molecular weight excluding hydrogens is 324 g/mol. The molecule has 1 saturated heterocycles. The van der Waals surface area contributed by atoms with Gasteiger partial charge < -0.3 is 14.7 Å². The summed E-state index contributed by atoms with van der Waals surface area (Å²) in [4.78, 5) is 18.9. The molecule has 0 atom stereocenters. The van der Waals surface area contributed by atoms with Gasteiger partial charge in [-0.2, -0.15) is 16.3 Å². The van der Waals surface area contributed by atoms with E-state index in [2.05, 4.69) is 27.3 Å². The van der Waals surface area contributed by atoms with E-state index in [0.29, 0.717) is 30.6 Å². The molecule has 130 valence electrons. The molecule has 3 rings (SSSR count). The lowest BCUT2D eigenvalue weighted by molar-refractivity contribution is -0.122. The highest BCUT2D eigenvalue weighted by atomic mass is 32.1. The van der Waals surface area contributed by atoms with Crippen molar-refractivity contribution in [1.82, 2.24) is 20.4 Å². The van der Waals surface area contributed by atoms with Crippen LogP contribution in [0.2, 0.25) is 0 Å². The predicted octanol–water partition coefficient (Wildman–Crippen LogP) is 2.72. The first-order valence-electron chi connectivity index (χ1n) is 8.61. The molecule has 1 aliphatic rings. The van der Waals surface area contributed by atoms with Crippen LogP contribution in [-0.2, 0) is 11.2 Å². The molecule has 6 nitrogen and oxygen atoms in total. The number of piperidine rings is 1. The van der Waals surface area contributed by atoms with Gasteiger partial charge in [-0.05, 0) is 37.3 Å². The molecule has 1 aliphatic heterocycles. The maximum Gasteiger partial charge on any atom is 0.227 e. The van der Waals surface area contributed by atoms with E-state index in [4.69, 9.17) is 4.52 Å². The van der Waals surface area contributed by atoms with E-state index in [1.165, 1.54) is 6.42 Å². The average molecular weight is 348 g/mol. The second-order valence-corrected chi connectivity index (χ2v) is 6.99. The van der Waals surface area contributed by atoms with Crippen LogP contribution in [0.4, 0.5) is 0 Å². The van der Waals surface area contributed by atoms with Gasteiger partial charge in [-0.15, -0.1) is 0 Å². The molecule has 0 unspecified atom stereocenters. The minimum absolute atomic E-state index is 0.0687. The topological polar surface area (TPSA) is 71.3 Å². The summed E-state index contributed by atoms with van der Waals surface area (Å²) in [5.41, 5.74) is 0.957. The molecule has 0 aliphatic carbocycles. The number of nitrogens with one attached hydrogen (secondary N) is 1. The zero-order valence-electron chi connectivity index (χ0n) is 14.0. The maximum atomic E-state index is 12.1. The van der Waals surface area contributed by atoms with Gasteiger partial charge in [0.15, 0.2) is 0 Å². The number of hydrogen-bond acceptors (Lipinski definition) is 6. The summed E-state index contributed by atoms with van der Waals surface area (Å²) in [6, 6.07) is 2.26. The lowest BCUT2D eigenvalue weighted by atomic mass is 10.0. The molecule has 0 bridgehead atoms. The number of thiophene rings is 1. The van der Waals surface area contributed by atoms with Crippen LogP contribution in [0.15, 0.2) is 21.3 Å². The van der Waals surface area contributed by atoms with Crippen LogP contribution < -0.4 is 5.32 Å². The first kappa shape index (κ1) is 17.1. The maximum absolute atomic E-state index is 12.1. The lowest BCUT2D eigenvalue weighted by Crippen LogP contribution is -2.44. The lowest BCUT2D eigenvalue weighted by Gasteiger charge is -2.32. The number of likely N-dealkylation sites (tertiary alicyclic amines) is 1. The number of nitrogens with zero attached hydrogens (tertiary/aromatic N) is 3. The molecule has 2 aromatic heterocycles. The molecule has 3 heterocycles. The highest BCUT2D eigenvalue weighted by Gasteiger charge is 2.20. The normalized spacial score (nSPS) is 16.4. The molecule has 2 aromatic rings. The Balaban J connectivity index is 1.40. The van der Waals surface area contributed by atoms with E-state index >= 15 is 0 Å². The summed E-state index contributed by atoms with van der Waals surface area (Å²) >= 11 is 1.60. The predicted molar refractivity (Wildman–Crippen MR) is 93.8 cm³/mol. The Hall–Kier alpha value is -1.73. The van der Waals surface area contributed by atoms with Crippen molar-refractivity contribution in [3.05, 3.63) is 22.7 Å². The van der Waals surface area contributed by atoms with Crippen LogP contribution in [0, 0.1) is 0 Å². The van der Waals surface area contributed by atoms with Crippen LogP contribution in [-0.4, -0.2) is 46.6 Å². The van der Waals surface area contributed by atoms with Gasteiger partial charge in [-0.3, -0.25) is 4.79 Å². The zero-order chi connectivity index (χ0) is 16.8. The van der Waals surface area contributed by atoms with Gasteiger partial charge in [-0.1, -0.05) is 12.1 Å². The van der Waals surface area contributed by atoms with Crippen molar-refractivity contribution in [3.8, 4) is 11.4 Å². The van der Waals surface area contributed by atoms with Crippen LogP contribution >= 0.6 is 11.3 Å². The first-order valence-corrected chi connectivity index (χ1v) is 9.55. The Morgan fingerprint density at radius 3 is 3.00 bits per heavy atom. The van der Waals surface area contributed by atoms with E-state index in [-0.39, 0.29) is 5.91 Å². The SMILES string of the molecule is CCCN1CCC(NC(=O)CCc2nc(-c3ccsc3)no2)CC1. The zero-order valence-corrected chi connectivity index (χ0v) is 14.8. The molecular formula is C17H24N4O2S. The Bertz CT molecular complexity index is 633. The monoisotopic (exact) mass is 348 g/mol. The third kappa shape index (κ3) is 4.64. The summed E-state index contributed by atoms with van der Waals surface area (Å²) < 4.78 is 5.23. The van der Waals surface area contributed by atoms with Crippen molar-refractivity contribution in [2.24, 2.45) is 0 Å². The molecule has 24 heavy (non-hydrogen) atoms. The fourth-order valence-electron chi connectivity index (χ4n) is 3.00. The third-order valence-electron chi connectivity index (χ3n) is 4.31. The van der Waals surface area contributed by atoms with Gasteiger partial charge in [0.1, 0.15) is 0 Å². The Labute approximate surface area is 146 Å². The van der Waals surface area contributed by atoms with Gasteiger partial charge in [-0.25, -0.2) is 0 Å². The van der Waals surface area contributed by atoms with Gasteiger partial charge in [0.05, 0.1) is 0 Å². The molecule has 0 saturated carbocycles. The molecule has 1 fully saturated rings. The Morgan fingerprint density at radius 1 is 1.46 bits per heavy atom. The van der Waals surface area contributed by atoms with Crippen LogP contribution in [0.3, 0.4) is 0 Å². The van der Waals surface area contributed by atoms with Crippen molar-refractivity contribution in [3.63, 3.8) is 0 Å². The molecule has 1 N–H and O–H groups in total. The van der Waals surface area contributed by atoms with Gasteiger partial charge in [0, 0.05) is 42.9 Å². The summed E-state index contributed by atoms with van der Waals surface area (Å²) in [6.45, 7) is 5.51. The summed E-state index contributed by atoms with van der Waals surface area (Å²) in [6.07, 6.45) is 4.13. The number of carbonyl (C=O) groups is 1. The Kier molecular flexibility index (Phi) is 5.98. The summed E-state index contributed by atoms with van der Waals surface area (Å²) in [5, 5.41) is 11.0. The Morgan fingerprint density at radius 2 is 2.29 bits per heavy atom. The smallest absolute Gasteiger partial charge is 0.227 e. The average Bonchev–Trinajstić information content (AvgIpc) is 3.26. The van der Waals surface area contributed by atoms with Crippen molar-refractivity contribution in [1.29, 1.82) is 0 Å². The number of rotatable bonds is 7. The van der Waals surface area contributed by atoms with Crippen molar-refractivity contribution >= 4 is 17.2 Å². The van der Waals surface area contributed by atoms with E-state index in [0.717, 1.165) is 38.0 Å². The van der Waals surface area contributed by atoms with Gasteiger partial charge in [0.25, 0.3) is 0 Å². The standard InChI is InChI=1S/C17H24N4O2S/c1-2-8-21-9-5-14(6-10-21)18-15(22)3-4-16-19-17(20-23-16)13-7-11-24-12-13/h7,11-12,14H,2-6,8-10H2,1H3,(H,18,22). The summed E-state index contributed by atoms with van der Waals surface area (Å²) in [7, 11) is 0. The number of hydrogen-bond donors (Lipinski definition) is 1. The number of carbonyl (C=O) groups excluding carboxylic acids is 1. The van der Waals surface area contributed by atoms with E-state index in [9.17, 15) is 4.79 Å². The van der Waals surface area contributed by atoms with E-state index in [1.807, 2.05) is 16.8 Å². The number of aryl methyl sites for hydroxylation is 1. The second kappa shape index (κ2) is 8.39. The van der Waals surface area contributed by atoms with Gasteiger partial charge >= 0.3 is 0 Å². The number of aromatic nitrogens is 2. The molecule has 1 amide bonds. The van der Waals surface area contributed by atoms with Crippen LogP contribution in [0.1, 0.15) is 38.5 Å². The second-order valence-electron chi connectivity index (χ2n) is 6.21. The highest BCUT2D eigenvalue weighted by Crippen LogP contribution is 2.19. The van der Waals surface area contributed by atoms with Crippen LogP contribution in [0.25, 0.3) is 11.4 Å². The van der Waals surface area contributed by atoms with Crippen molar-refractivity contribution in [2.45, 2.75) is 45.1 Å². The van der Waals surface area contributed by atoms with Crippen molar-refractivity contribution < 1.29 is 9.32 Å². The third-order valence-corrected chi connectivity index (χ3v) is 4.99. The highest BCUT2D eigenvalue weighted by molar-refractivity contribution is 7.08. The quantitative estimate of drug-likeness (QED) is 0.833. The van der Waals surface area contributed by atoms with Crippen molar-refractivity contribution in [2.75, 3.05) is 19.6 Å². The molecule has 7 heteroatoms. The first-order chi connectivity index (χ1) is 11.7. The molecule has 0 spiro atoms.